The predicted molar refractivity (Wildman–Crippen MR) is 41.2 cm³/mol. The van der Waals surface area contributed by atoms with E-state index >= 15 is 0 Å². The zero-order valence-corrected chi connectivity index (χ0v) is 6.25. The van der Waals surface area contributed by atoms with Gasteiger partial charge in [0, 0.05) is 12.6 Å². The molecule has 58 valence electrons. The minimum Gasteiger partial charge on any atom is -0.368 e. The lowest BCUT2D eigenvalue weighted by molar-refractivity contribution is 0.425. The molecule has 1 saturated carbocycles. The minimum absolute atomic E-state index is 0.463. The fourth-order valence-electron chi connectivity index (χ4n) is 1.07. The summed E-state index contributed by atoms with van der Waals surface area (Å²) >= 11 is 0. The van der Waals surface area contributed by atoms with Crippen molar-refractivity contribution < 1.29 is 0 Å². The molecule has 0 heterocycles. The van der Waals surface area contributed by atoms with Crippen LogP contribution in [0, 0.1) is 0 Å². The van der Waals surface area contributed by atoms with E-state index in [0.717, 1.165) is 6.54 Å². The molecule has 0 saturated heterocycles. The van der Waals surface area contributed by atoms with Crippen molar-refractivity contribution >= 4 is 5.96 Å². The van der Waals surface area contributed by atoms with Gasteiger partial charge in [-0.15, -0.1) is 5.10 Å². The van der Waals surface area contributed by atoms with E-state index in [2.05, 4.69) is 12.0 Å². The third kappa shape index (κ3) is 1.32. The lowest BCUT2D eigenvalue weighted by Crippen LogP contribution is -2.39. The van der Waals surface area contributed by atoms with Crippen LogP contribution >= 0.6 is 0 Å². The van der Waals surface area contributed by atoms with E-state index < -0.39 is 0 Å². The van der Waals surface area contributed by atoms with E-state index in [0.29, 0.717) is 12.0 Å². The normalized spacial score (nSPS) is 19.1. The second-order valence-corrected chi connectivity index (χ2v) is 2.50. The molecule has 1 fully saturated rings. The summed E-state index contributed by atoms with van der Waals surface area (Å²) in [5.74, 6) is 5.50. The number of hydrogen-bond donors (Lipinski definition) is 2. The molecular weight excluding hydrogens is 128 g/mol. The van der Waals surface area contributed by atoms with Gasteiger partial charge in [0.05, 0.1) is 0 Å². The summed E-state index contributed by atoms with van der Waals surface area (Å²) in [6, 6.07) is 0.609. The Balaban J connectivity index is 2.46. The van der Waals surface area contributed by atoms with E-state index in [1.165, 1.54) is 12.8 Å². The zero-order chi connectivity index (χ0) is 7.56. The van der Waals surface area contributed by atoms with Gasteiger partial charge in [-0.1, -0.05) is 0 Å². The predicted octanol–water partition coefficient (Wildman–Crippen LogP) is -0.341. The van der Waals surface area contributed by atoms with E-state index in [-0.39, 0.29) is 0 Å². The minimum atomic E-state index is 0.463. The Labute approximate surface area is 60.9 Å². The van der Waals surface area contributed by atoms with Gasteiger partial charge in [-0.05, 0) is 19.8 Å². The first-order valence-corrected chi connectivity index (χ1v) is 3.59. The highest BCUT2D eigenvalue weighted by atomic mass is 15.3. The van der Waals surface area contributed by atoms with Crippen LogP contribution in [0.2, 0.25) is 0 Å². The van der Waals surface area contributed by atoms with Crippen molar-refractivity contribution in [2.45, 2.75) is 25.8 Å². The maximum atomic E-state index is 5.52. The molecule has 0 aromatic rings. The molecule has 1 aliphatic carbocycles. The molecule has 1 aliphatic rings. The van der Waals surface area contributed by atoms with Crippen LogP contribution in [-0.4, -0.2) is 23.4 Å². The molecule has 0 aromatic carbocycles. The molecule has 0 unspecified atom stereocenters. The molecule has 0 aromatic heterocycles. The average Bonchev–Trinajstić information content (AvgIpc) is 2.73. The highest BCUT2D eigenvalue weighted by Crippen LogP contribution is 2.25. The summed E-state index contributed by atoms with van der Waals surface area (Å²) in [4.78, 5) is 2.03. The van der Waals surface area contributed by atoms with Crippen molar-refractivity contribution in [2.24, 2.45) is 16.7 Å². The first-order chi connectivity index (χ1) is 4.79. The Bertz CT molecular complexity index is 139. The SMILES string of the molecule is CCN(C(N)=NN)C1CC1. The van der Waals surface area contributed by atoms with Gasteiger partial charge in [-0.2, -0.15) is 0 Å². The molecule has 0 spiro atoms. The maximum absolute atomic E-state index is 5.52. The van der Waals surface area contributed by atoms with Crippen LogP contribution in [0.25, 0.3) is 0 Å². The Morgan fingerprint density at radius 1 is 1.70 bits per heavy atom. The lowest BCUT2D eigenvalue weighted by Gasteiger charge is -2.19. The number of nitrogens with zero attached hydrogens (tertiary/aromatic N) is 2. The molecule has 0 amide bonds. The van der Waals surface area contributed by atoms with Crippen LogP contribution in [0.4, 0.5) is 0 Å². The fraction of sp³-hybridized carbons (Fsp3) is 0.833. The number of hydrazone groups is 1. The number of hydrogen-bond acceptors (Lipinski definition) is 2. The highest BCUT2D eigenvalue weighted by Gasteiger charge is 2.28. The van der Waals surface area contributed by atoms with Crippen molar-refractivity contribution in [3.63, 3.8) is 0 Å². The summed E-state index contributed by atoms with van der Waals surface area (Å²) in [6.45, 7) is 2.95. The van der Waals surface area contributed by atoms with Crippen molar-refractivity contribution in [3.8, 4) is 0 Å². The smallest absolute Gasteiger partial charge is 0.213 e. The van der Waals surface area contributed by atoms with Crippen LogP contribution in [0.3, 0.4) is 0 Å². The maximum Gasteiger partial charge on any atom is 0.213 e. The van der Waals surface area contributed by atoms with Crippen molar-refractivity contribution in [2.75, 3.05) is 6.54 Å². The monoisotopic (exact) mass is 142 g/mol. The summed E-state index contributed by atoms with van der Waals surface area (Å²) in [5.41, 5.74) is 5.52. The van der Waals surface area contributed by atoms with E-state index in [1.54, 1.807) is 0 Å². The van der Waals surface area contributed by atoms with Gasteiger partial charge in [-0.25, -0.2) is 0 Å². The third-order valence-corrected chi connectivity index (χ3v) is 1.75. The standard InChI is InChI=1S/C6H14N4/c1-2-10(5-3-4-5)6(7)9-8/h5H,2-4,8H2,1H3,(H2,7,9). The third-order valence-electron chi connectivity index (χ3n) is 1.75. The van der Waals surface area contributed by atoms with Crippen molar-refractivity contribution in [3.05, 3.63) is 0 Å². The van der Waals surface area contributed by atoms with Crippen LogP contribution in [0.15, 0.2) is 5.10 Å². The molecule has 0 aliphatic heterocycles. The highest BCUT2D eigenvalue weighted by molar-refractivity contribution is 5.78. The second-order valence-electron chi connectivity index (χ2n) is 2.50. The Kier molecular flexibility index (Phi) is 1.99. The first kappa shape index (κ1) is 7.18. The molecule has 4 heteroatoms. The second kappa shape index (κ2) is 2.77. The molecule has 0 atom stereocenters. The molecule has 4 nitrogen and oxygen atoms in total. The van der Waals surface area contributed by atoms with Crippen LogP contribution < -0.4 is 11.6 Å². The van der Waals surface area contributed by atoms with Crippen LogP contribution in [-0.2, 0) is 0 Å². The van der Waals surface area contributed by atoms with Gasteiger partial charge >= 0.3 is 0 Å². The molecule has 0 radical (unpaired) electrons. The van der Waals surface area contributed by atoms with Gasteiger partial charge in [-0.3, -0.25) is 0 Å². The topological polar surface area (TPSA) is 67.6 Å². The van der Waals surface area contributed by atoms with E-state index in [1.807, 2.05) is 4.90 Å². The summed E-state index contributed by atoms with van der Waals surface area (Å²) in [5, 5.41) is 3.44. The van der Waals surface area contributed by atoms with Gasteiger partial charge < -0.3 is 16.5 Å². The molecule has 0 bridgehead atoms. The quantitative estimate of drug-likeness (QED) is 0.240. The van der Waals surface area contributed by atoms with E-state index in [4.69, 9.17) is 11.6 Å². The summed E-state index contributed by atoms with van der Waals surface area (Å²) in [7, 11) is 0. The summed E-state index contributed by atoms with van der Waals surface area (Å²) < 4.78 is 0. The van der Waals surface area contributed by atoms with Gasteiger partial charge in [0.2, 0.25) is 5.96 Å². The Morgan fingerprint density at radius 3 is 2.60 bits per heavy atom. The molecule has 4 N–H and O–H groups in total. The van der Waals surface area contributed by atoms with Crippen molar-refractivity contribution in [1.29, 1.82) is 0 Å². The Hall–Kier alpha value is -0.930. The zero-order valence-electron chi connectivity index (χ0n) is 6.25. The largest absolute Gasteiger partial charge is 0.368 e. The first-order valence-electron chi connectivity index (χ1n) is 3.59. The van der Waals surface area contributed by atoms with Crippen LogP contribution in [0.5, 0.6) is 0 Å². The van der Waals surface area contributed by atoms with Crippen molar-refractivity contribution in [1.82, 2.24) is 4.90 Å². The molecule has 1 rings (SSSR count). The Morgan fingerprint density at radius 2 is 2.30 bits per heavy atom. The van der Waals surface area contributed by atoms with Gasteiger partial charge in [0.15, 0.2) is 0 Å². The average molecular weight is 142 g/mol. The lowest BCUT2D eigenvalue weighted by atomic mass is 10.5. The van der Waals surface area contributed by atoms with Gasteiger partial charge in [0.25, 0.3) is 0 Å². The molecule has 10 heavy (non-hydrogen) atoms. The summed E-state index contributed by atoms with van der Waals surface area (Å²) in [6.07, 6.45) is 2.45. The number of rotatable bonds is 2. The van der Waals surface area contributed by atoms with Gasteiger partial charge in [0.1, 0.15) is 0 Å². The molecular formula is C6H14N4. The van der Waals surface area contributed by atoms with Crippen LogP contribution in [0.1, 0.15) is 19.8 Å². The number of guanidine groups is 1. The number of nitrogens with two attached hydrogens (primary N) is 2. The van der Waals surface area contributed by atoms with E-state index in [9.17, 15) is 0 Å². The fourth-order valence-corrected chi connectivity index (χ4v) is 1.07.